The van der Waals surface area contributed by atoms with Gasteiger partial charge in [-0.3, -0.25) is 0 Å². The van der Waals surface area contributed by atoms with Crippen molar-refractivity contribution in [2.75, 3.05) is 13.2 Å². The molecule has 0 N–H and O–H groups in total. The number of hydrogen-bond acceptors (Lipinski definition) is 8. The maximum Gasteiger partial charge on any atom is 0.338 e. The molecule has 0 aliphatic heterocycles. The highest BCUT2D eigenvalue weighted by Crippen LogP contribution is 2.40. The van der Waals surface area contributed by atoms with Gasteiger partial charge in [-0.2, -0.15) is 0 Å². The predicted octanol–water partition coefficient (Wildman–Crippen LogP) is 4.72. The summed E-state index contributed by atoms with van der Waals surface area (Å²) in [7, 11) is 0. The SMILES string of the molecule is CCOC(=O)c1cc(Oc2ncnc3sc4c(c23)CCCC4)cc(C(=O)OCC)c1. The number of carbonyl (C=O) groups excluding carboxylic acids is 2. The van der Waals surface area contributed by atoms with Crippen molar-refractivity contribution in [1.29, 1.82) is 0 Å². The van der Waals surface area contributed by atoms with Crippen LogP contribution in [0, 0.1) is 0 Å². The Bertz CT molecular complexity index is 1070. The lowest BCUT2D eigenvalue weighted by atomic mass is 9.97. The van der Waals surface area contributed by atoms with Gasteiger partial charge in [-0.15, -0.1) is 11.3 Å². The average molecular weight is 426 g/mol. The summed E-state index contributed by atoms with van der Waals surface area (Å²) in [5, 5.41) is 0.913. The molecule has 156 valence electrons. The second-order valence-corrected chi connectivity index (χ2v) is 7.94. The quantitative estimate of drug-likeness (QED) is 0.527. The monoisotopic (exact) mass is 426 g/mol. The second kappa shape index (κ2) is 8.79. The van der Waals surface area contributed by atoms with Crippen LogP contribution in [0.4, 0.5) is 0 Å². The third-order valence-electron chi connectivity index (χ3n) is 4.86. The van der Waals surface area contributed by atoms with Crippen LogP contribution in [0.5, 0.6) is 11.6 Å². The molecule has 0 spiro atoms. The van der Waals surface area contributed by atoms with E-state index in [-0.39, 0.29) is 24.3 Å². The predicted molar refractivity (Wildman–Crippen MR) is 112 cm³/mol. The standard InChI is InChI=1S/C22H22N2O5S/c1-3-27-21(25)13-9-14(22(26)28-4-2)11-15(10-13)29-19-18-16-7-5-6-8-17(16)30-20(18)24-12-23-19/h9-12H,3-8H2,1-2H3. The first-order valence-electron chi connectivity index (χ1n) is 10.0. The zero-order valence-electron chi connectivity index (χ0n) is 16.9. The van der Waals surface area contributed by atoms with E-state index in [1.165, 1.54) is 29.3 Å². The van der Waals surface area contributed by atoms with Crippen LogP contribution < -0.4 is 4.74 Å². The van der Waals surface area contributed by atoms with Crippen molar-refractivity contribution in [3.05, 3.63) is 46.1 Å². The Hall–Kier alpha value is -3.00. The summed E-state index contributed by atoms with van der Waals surface area (Å²) >= 11 is 1.67. The Labute approximate surface area is 178 Å². The zero-order valence-corrected chi connectivity index (χ0v) is 17.7. The summed E-state index contributed by atoms with van der Waals surface area (Å²) in [5.41, 5.74) is 1.68. The molecule has 0 radical (unpaired) electrons. The van der Waals surface area contributed by atoms with E-state index in [4.69, 9.17) is 14.2 Å². The molecule has 0 bridgehead atoms. The topological polar surface area (TPSA) is 87.6 Å². The fourth-order valence-corrected chi connectivity index (χ4v) is 4.79. The highest BCUT2D eigenvalue weighted by molar-refractivity contribution is 7.18. The molecule has 30 heavy (non-hydrogen) atoms. The Kier molecular flexibility index (Phi) is 5.94. The van der Waals surface area contributed by atoms with Gasteiger partial charge in [0.05, 0.1) is 29.7 Å². The van der Waals surface area contributed by atoms with Crippen molar-refractivity contribution in [3.8, 4) is 11.6 Å². The van der Waals surface area contributed by atoms with Gasteiger partial charge in [0.15, 0.2) is 0 Å². The summed E-state index contributed by atoms with van der Waals surface area (Å²) in [6.07, 6.45) is 5.78. The van der Waals surface area contributed by atoms with Crippen LogP contribution in [0.3, 0.4) is 0 Å². The van der Waals surface area contributed by atoms with Crippen molar-refractivity contribution in [3.63, 3.8) is 0 Å². The van der Waals surface area contributed by atoms with Crippen LogP contribution in [0.15, 0.2) is 24.5 Å². The molecule has 1 aromatic carbocycles. The maximum atomic E-state index is 12.3. The van der Waals surface area contributed by atoms with Gasteiger partial charge < -0.3 is 14.2 Å². The zero-order chi connectivity index (χ0) is 21.1. The highest BCUT2D eigenvalue weighted by atomic mass is 32.1. The van der Waals surface area contributed by atoms with E-state index in [2.05, 4.69) is 9.97 Å². The molecule has 1 aliphatic rings. The Balaban J connectivity index is 1.76. The molecule has 0 saturated heterocycles. The molecule has 0 atom stereocenters. The van der Waals surface area contributed by atoms with Gasteiger partial charge in [0.25, 0.3) is 0 Å². The minimum atomic E-state index is -0.533. The molecule has 7 nitrogen and oxygen atoms in total. The minimum absolute atomic E-state index is 0.218. The molecule has 2 aromatic heterocycles. The fourth-order valence-electron chi connectivity index (χ4n) is 3.57. The van der Waals surface area contributed by atoms with Gasteiger partial charge in [0, 0.05) is 4.88 Å². The van der Waals surface area contributed by atoms with Crippen LogP contribution in [0.1, 0.15) is 57.8 Å². The Morgan fingerprint density at radius 1 is 0.967 bits per heavy atom. The number of thiophene rings is 1. The highest BCUT2D eigenvalue weighted by Gasteiger charge is 2.22. The van der Waals surface area contributed by atoms with Crippen LogP contribution in [-0.4, -0.2) is 35.1 Å². The normalized spacial score (nSPS) is 13.0. The lowest BCUT2D eigenvalue weighted by Gasteiger charge is -2.13. The van der Waals surface area contributed by atoms with Crippen molar-refractivity contribution in [2.45, 2.75) is 39.5 Å². The number of esters is 2. The van der Waals surface area contributed by atoms with Gasteiger partial charge >= 0.3 is 11.9 Å². The van der Waals surface area contributed by atoms with E-state index in [0.29, 0.717) is 11.6 Å². The Morgan fingerprint density at radius 2 is 1.63 bits per heavy atom. The minimum Gasteiger partial charge on any atom is -0.462 e. The van der Waals surface area contributed by atoms with Crippen molar-refractivity contribution < 1.29 is 23.8 Å². The fraction of sp³-hybridized carbons (Fsp3) is 0.364. The van der Waals surface area contributed by atoms with Gasteiger partial charge in [0.1, 0.15) is 16.9 Å². The van der Waals surface area contributed by atoms with Crippen LogP contribution in [0.2, 0.25) is 0 Å². The largest absolute Gasteiger partial charge is 0.462 e. The molecule has 1 aliphatic carbocycles. The molecule has 0 fully saturated rings. The lowest BCUT2D eigenvalue weighted by Crippen LogP contribution is -2.09. The maximum absolute atomic E-state index is 12.3. The number of aromatic nitrogens is 2. The van der Waals surface area contributed by atoms with Crippen LogP contribution >= 0.6 is 11.3 Å². The van der Waals surface area contributed by atoms with E-state index in [1.807, 2.05) is 0 Å². The molecule has 4 rings (SSSR count). The number of nitrogens with zero attached hydrogens (tertiary/aromatic N) is 2. The molecule has 3 aromatic rings. The molecular formula is C22H22N2O5S. The molecule has 0 amide bonds. The summed E-state index contributed by atoms with van der Waals surface area (Å²) in [5.74, 6) is -0.321. The number of carbonyl (C=O) groups is 2. The number of fused-ring (bicyclic) bond motifs is 3. The van der Waals surface area contributed by atoms with E-state index < -0.39 is 11.9 Å². The summed E-state index contributed by atoms with van der Waals surface area (Å²) in [6, 6.07) is 4.55. The van der Waals surface area contributed by atoms with Crippen LogP contribution in [0.25, 0.3) is 10.2 Å². The molecular weight excluding hydrogens is 404 g/mol. The third kappa shape index (κ3) is 4.00. The third-order valence-corrected chi connectivity index (χ3v) is 6.06. The molecule has 8 heteroatoms. The number of ether oxygens (including phenoxy) is 3. The van der Waals surface area contributed by atoms with E-state index >= 15 is 0 Å². The first-order chi connectivity index (χ1) is 14.6. The van der Waals surface area contributed by atoms with Gasteiger partial charge in [-0.25, -0.2) is 19.6 Å². The van der Waals surface area contributed by atoms with E-state index in [9.17, 15) is 9.59 Å². The van der Waals surface area contributed by atoms with Gasteiger partial charge in [-0.1, -0.05) is 0 Å². The molecule has 0 unspecified atom stereocenters. The Morgan fingerprint density at radius 3 is 2.30 bits per heavy atom. The van der Waals surface area contributed by atoms with E-state index in [0.717, 1.165) is 29.5 Å². The van der Waals surface area contributed by atoms with E-state index in [1.54, 1.807) is 37.3 Å². The van der Waals surface area contributed by atoms with Crippen molar-refractivity contribution in [1.82, 2.24) is 9.97 Å². The summed E-state index contributed by atoms with van der Waals surface area (Å²) in [4.78, 5) is 35.6. The summed E-state index contributed by atoms with van der Waals surface area (Å²) < 4.78 is 16.3. The molecule has 2 heterocycles. The average Bonchev–Trinajstić information content (AvgIpc) is 3.13. The smallest absolute Gasteiger partial charge is 0.338 e. The van der Waals surface area contributed by atoms with Crippen molar-refractivity contribution in [2.24, 2.45) is 0 Å². The van der Waals surface area contributed by atoms with Gasteiger partial charge in [-0.05, 0) is 63.3 Å². The number of benzene rings is 1. The van der Waals surface area contributed by atoms with Crippen molar-refractivity contribution >= 4 is 33.5 Å². The first-order valence-corrected chi connectivity index (χ1v) is 10.8. The second-order valence-electron chi connectivity index (χ2n) is 6.86. The number of aryl methyl sites for hydroxylation is 2. The first kappa shape index (κ1) is 20.3. The number of hydrogen-bond donors (Lipinski definition) is 0. The lowest BCUT2D eigenvalue weighted by molar-refractivity contribution is 0.0524. The van der Waals surface area contributed by atoms with Gasteiger partial charge in [0.2, 0.25) is 5.88 Å². The molecule has 0 saturated carbocycles. The summed E-state index contributed by atoms with van der Waals surface area (Å²) in [6.45, 7) is 3.90. The van der Waals surface area contributed by atoms with Crippen LogP contribution in [-0.2, 0) is 22.3 Å². The number of rotatable bonds is 6.